The van der Waals surface area contributed by atoms with E-state index in [2.05, 4.69) is 17.0 Å². The van der Waals surface area contributed by atoms with Gasteiger partial charge in [0, 0.05) is 25.7 Å². The van der Waals surface area contributed by atoms with E-state index in [1.54, 1.807) is 0 Å². The Labute approximate surface area is 115 Å². The number of hydrogen-bond donors (Lipinski definition) is 1. The van der Waals surface area contributed by atoms with Crippen LogP contribution in [-0.4, -0.2) is 37.7 Å². The second kappa shape index (κ2) is 8.72. The van der Waals surface area contributed by atoms with Crippen LogP contribution in [0.2, 0.25) is 0 Å². The average molecular weight is 279 g/mol. The third kappa shape index (κ3) is 5.23. The van der Waals surface area contributed by atoms with Gasteiger partial charge in [-0.05, 0) is 5.56 Å². The standard InChI is InChI=1S/C12H18N2O.2ClH/c13-12(11-4-2-1-3-5-11)10-14-6-8-15-9-7-14;;/h1-5,12H,6-10,13H2;2*1H. The Hall–Kier alpha value is -0.320. The molecule has 1 heterocycles. The SMILES string of the molecule is Cl.Cl.NC(CN1CCOCC1)c1ccccc1. The molecule has 0 aliphatic carbocycles. The third-order valence-electron chi connectivity index (χ3n) is 2.79. The lowest BCUT2D eigenvalue weighted by Gasteiger charge is -2.29. The summed E-state index contributed by atoms with van der Waals surface area (Å²) in [5, 5.41) is 0. The second-order valence-corrected chi connectivity index (χ2v) is 3.93. The number of hydrogen-bond acceptors (Lipinski definition) is 3. The zero-order valence-corrected chi connectivity index (χ0v) is 11.4. The molecule has 0 bridgehead atoms. The number of halogens is 2. The van der Waals surface area contributed by atoms with Crippen LogP contribution in [0.25, 0.3) is 0 Å². The fourth-order valence-electron chi connectivity index (χ4n) is 1.87. The van der Waals surface area contributed by atoms with Crippen LogP contribution in [0.4, 0.5) is 0 Å². The molecule has 1 saturated heterocycles. The first kappa shape index (κ1) is 16.7. The zero-order valence-electron chi connectivity index (χ0n) is 9.75. The van der Waals surface area contributed by atoms with Gasteiger partial charge in [0.25, 0.3) is 0 Å². The van der Waals surface area contributed by atoms with E-state index in [9.17, 15) is 0 Å². The van der Waals surface area contributed by atoms with E-state index in [0.29, 0.717) is 0 Å². The molecule has 1 aliphatic heterocycles. The van der Waals surface area contributed by atoms with Gasteiger partial charge in [-0.3, -0.25) is 4.90 Å². The molecule has 0 radical (unpaired) electrons. The van der Waals surface area contributed by atoms with Gasteiger partial charge in [0.1, 0.15) is 0 Å². The van der Waals surface area contributed by atoms with E-state index in [1.165, 1.54) is 5.56 Å². The highest BCUT2D eigenvalue weighted by atomic mass is 35.5. The molecule has 5 heteroatoms. The number of ether oxygens (including phenoxy) is 1. The number of nitrogens with two attached hydrogens (primary N) is 1. The molecule has 2 N–H and O–H groups in total. The smallest absolute Gasteiger partial charge is 0.0594 e. The predicted molar refractivity (Wildman–Crippen MR) is 75.1 cm³/mol. The highest BCUT2D eigenvalue weighted by Crippen LogP contribution is 2.11. The third-order valence-corrected chi connectivity index (χ3v) is 2.79. The monoisotopic (exact) mass is 278 g/mol. The predicted octanol–water partition coefficient (Wildman–Crippen LogP) is 1.86. The first-order valence-electron chi connectivity index (χ1n) is 5.47. The van der Waals surface area contributed by atoms with Crippen LogP contribution in [0.5, 0.6) is 0 Å². The van der Waals surface area contributed by atoms with Gasteiger partial charge in [-0.2, -0.15) is 0 Å². The van der Waals surface area contributed by atoms with Crippen molar-refractivity contribution >= 4 is 24.8 Å². The maximum absolute atomic E-state index is 6.14. The van der Waals surface area contributed by atoms with E-state index in [-0.39, 0.29) is 30.9 Å². The van der Waals surface area contributed by atoms with Crippen LogP contribution in [0, 0.1) is 0 Å². The minimum Gasteiger partial charge on any atom is -0.379 e. The van der Waals surface area contributed by atoms with E-state index in [4.69, 9.17) is 10.5 Å². The zero-order chi connectivity index (χ0) is 10.5. The molecule has 1 unspecified atom stereocenters. The molecule has 0 aromatic heterocycles. The molecule has 1 aromatic rings. The molecular weight excluding hydrogens is 259 g/mol. The molecule has 0 amide bonds. The van der Waals surface area contributed by atoms with Crippen molar-refractivity contribution < 1.29 is 4.74 Å². The van der Waals surface area contributed by atoms with Crippen LogP contribution < -0.4 is 5.73 Å². The quantitative estimate of drug-likeness (QED) is 0.918. The van der Waals surface area contributed by atoms with Crippen molar-refractivity contribution in [2.24, 2.45) is 5.73 Å². The van der Waals surface area contributed by atoms with E-state index >= 15 is 0 Å². The molecular formula is C12H20Cl2N2O. The summed E-state index contributed by atoms with van der Waals surface area (Å²) in [7, 11) is 0. The van der Waals surface area contributed by atoms with Gasteiger partial charge in [-0.15, -0.1) is 24.8 Å². The minimum atomic E-state index is 0. The number of morpholine rings is 1. The number of benzene rings is 1. The minimum absolute atomic E-state index is 0. The molecule has 1 atom stereocenters. The van der Waals surface area contributed by atoms with Gasteiger partial charge >= 0.3 is 0 Å². The summed E-state index contributed by atoms with van der Waals surface area (Å²) < 4.78 is 5.30. The Morgan fingerprint density at radius 1 is 1.12 bits per heavy atom. The molecule has 1 aliphatic rings. The van der Waals surface area contributed by atoms with Gasteiger partial charge in [0.15, 0.2) is 0 Å². The molecule has 2 rings (SSSR count). The van der Waals surface area contributed by atoms with Crippen molar-refractivity contribution in [1.82, 2.24) is 4.90 Å². The summed E-state index contributed by atoms with van der Waals surface area (Å²) in [6.07, 6.45) is 0. The first-order chi connectivity index (χ1) is 7.36. The normalized spacial score (nSPS) is 17.7. The van der Waals surface area contributed by atoms with Crippen molar-refractivity contribution in [2.45, 2.75) is 6.04 Å². The Bertz CT molecular complexity index is 292. The van der Waals surface area contributed by atoms with Crippen LogP contribution in [0.15, 0.2) is 30.3 Å². The van der Waals surface area contributed by atoms with Crippen LogP contribution in [-0.2, 0) is 4.74 Å². The molecule has 1 aromatic carbocycles. The molecule has 3 nitrogen and oxygen atoms in total. The van der Waals surface area contributed by atoms with Gasteiger partial charge in [0.05, 0.1) is 13.2 Å². The average Bonchev–Trinajstić information content (AvgIpc) is 2.31. The molecule has 98 valence electrons. The van der Waals surface area contributed by atoms with Crippen LogP contribution >= 0.6 is 24.8 Å². The Morgan fingerprint density at radius 2 is 1.71 bits per heavy atom. The summed E-state index contributed by atoms with van der Waals surface area (Å²) in [5.41, 5.74) is 7.36. The van der Waals surface area contributed by atoms with Crippen molar-refractivity contribution in [2.75, 3.05) is 32.8 Å². The fourth-order valence-corrected chi connectivity index (χ4v) is 1.87. The van der Waals surface area contributed by atoms with Crippen LogP contribution in [0.1, 0.15) is 11.6 Å². The lowest BCUT2D eigenvalue weighted by atomic mass is 10.1. The molecule has 0 spiro atoms. The van der Waals surface area contributed by atoms with E-state index in [1.807, 2.05) is 18.2 Å². The molecule has 17 heavy (non-hydrogen) atoms. The topological polar surface area (TPSA) is 38.5 Å². The van der Waals surface area contributed by atoms with Crippen LogP contribution in [0.3, 0.4) is 0 Å². The second-order valence-electron chi connectivity index (χ2n) is 3.93. The maximum Gasteiger partial charge on any atom is 0.0594 e. The Balaban J connectivity index is 0.00000128. The van der Waals surface area contributed by atoms with Crippen molar-refractivity contribution in [3.05, 3.63) is 35.9 Å². The highest BCUT2D eigenvalue weighted by Gasteiger charge is 2.14. The summed E-state index contributed by atoms with van der Waals surface area (Å²) >= 11 is 0. The van der Waals surface area contributed by atoms with E-state index in [0.717, 1.165) is 32.8 Å². The summed E-state index contributed by atoms with van der Waals surface area (Å²) in [6.45, 7) is 4.59. The Morgan fingerprint density at radius 3 is 2.29 bits per heavy atom. The highest BCUT2D eigenvalue weighted by molar-refractivity contribution is 5.85. The number of nitrogens with zero attached hydrogens (tertiary/aromatic N) is 1. The lowest BCUT2D eigenvalue weighted by molar-refractivity contribution is 0.0352. The van der Waals surface area contributed by atoms with Crippen molar-refractivity contribution in [3.63, 3.8) is 0 Å². The van der Waals surface area contributed by atoms with Crippen molar-refractivity contribution in [1.29, 1.82) is 0 Å². The van der Waals surface area contributed by atoms with Gasteiger partial charge < -0.3 is 10.5 Å². The van der Waals surface area contributed by atoms with Gasteiger partial charge in [-0.25, -0.2) is 0 Å². The lowest BCUT2D eigenvalue weighted by Crippen LogP contribution is -2.40. The first-order valence-corrected chi connectivity index (χ1v) is 5.47. The molecule has 1 fully saturated rings. The van der Waals surface area contributed by atoms with E-state index < -0.39 is 0 Å². The summed E-state index contributed by atoms with van der Waals surface area (Å²) in [6, 6.07) is 10.4. The molecule has 0 saturated carbocycles. The number of rotatable bonds is 3. The summed E-state index contributed by atoms with van der Waals surface area (Å²) in [5.74, 6) is 0. The van der Waals surface area contributed by atoms with Crippen molar-refractivity contribution in [3.8, 4) is 0 Å². The Kier molecular flexibility index (Phi) is 8.56. The maximum atomic E-state index is 6.14. The fraction of sp³-hybridized carbons (Fsp3) is 0.500. The largest absolute Gasteiger partial charge is 0.379 e. The van der Waals surface area contributed by atoms with Gasteiger partial charge in [0.2, 0.25) is 0 Å². The summed E-state index contributed by atoms with van der Waals surface area (Å²) in [4.78, 5) is 2.36. The van der Waals surface area contributed by atoms with Gasteiger partial charge in [-0.1, -0.05) is 30.3 Å².